The van der Waals surface area contributed by atoms with Crippen molar-refractivity contribution in [3.05, 3.63) is 35.7 Å². The maximum Gasteiger partial charge on any atom is 0.247 e. The van der Waals surface area contributed by atoms with Gasteiger partial charge in [-0.3, -0.25) is 9.80 Å². The summed E-state index contributed by atoms with van der Waals surface area (Å²) in [5.41, 5.74) is 2.17. The lowest BCUT2D eigenvalue weighted by molar-refractivity contribution is 0.0747. The van der Waals surface area contributed by atoms with Gasteiger partial charge in [0.15, 0.2) is 0 Å². The molecule has 1 aromatic carbocycles. The van der Waals surface area contributed by atoms with E-state index >= 15 is 0 Å². The van der Waals surface area contributed by atoms with Gasteiger partial charge in [-0.1, -0.05) is 17.7 Å². The fourth-order valence-electron chi connectivity index (χ4n) is 2.83. The van der Waals surface area contributed by atoms with Gasteiger partial charge >= 0.3 is 0 Å². The molecule has 0 bridgehead atoms. The monoisotopic (exact) mass is 316 g/mol. The highest BCUT2D eigenvalue weighted by atomic mass is 16.4. The molecule has 6 heteroatoms. The highest BCUT2D eigenvalue weighted by molar-refractivity contribution is 5.52. The molecule has 1 aromatic heterocycles. The average Bonchev–Trinajstić information content (AvgIpc) is 2.98. The molecule has 0 amide bonds. The molecular weight excluding hydrogens is 292 g/mol. The summed E-state index contributed by atoms with van der Waals surface area (Å²) in [6.45, 7) is 9.14. The summed E-state index contributed by atoms with van der Waals surface area (Å²) in [5, 5.41) is 17.8. The molecule has 23 heavy (non-hydrogen) atoms. The predicted molar refractivity (Wildman–Crippen MR) is 87.9 cm³/mol. The molecule has 1 aliphatic rings. The SMILES string of the molecule is Cc1ccc(-c2nnc(CN3CCN(C[C@@H](C)O)CC3)o2)cc1. The Kier molecular flexibility index (Phi) is 5.05. The van der Waals surface area contributed by atoms with Crippen molar-refractivity contribution >= 4 is 0 Å². The lowest BCUT2D eigenvalue weighted by atomic mass is 10.1. The van der Waals surface area contributed by atoms with Gasteiger partial charge in [0.2, 0.25) is 11.8 Å². The minimum absolute atomic E-state index is 0.269. The zero-order chi connectivity index (χ0) is 16.2. The van der Waals surface area contributed by atoms with E-state index in [-0.39, 0.29) is 6.10 Å². The number of hydrogen-bond donors (Lipinski definition) is 1. The Morgan fingerprint density at radius 1 is 1.09 bits per heavy atom. The minimum atomic E-state index is -0.269. The molecule has 1 atom stereocenters. The van der Waals surface area contributed by atoms with Crippen LogP contribution in [0.25, 0.3) is 11.5 Å². The lowest BCUT2D eigenvalue weighted by Gasteiger charge is -2.34. The Hall–Kier alpha value is -1.76. The summed E-state index contributed by atoms with van der Waals surface area (Å²) in [4.78, 5) is 4.59. The number of aliphatic hydroxyl groups excluding tert-OH is 1. The van der Waals surface area contributed by atoms with Crippen LogP contribution in [0.5, 0.6) is 0 Å². The zero-order valence-electron chi connectivity index (χ0n) is 13.8. The quantitative estimate of drug-likeness (QED) is 0.903. The van der Waals surface area contributed by atoms with Crippen LogP contribution in [-0.2, 0) is 6.54 Å². The third kappa shape index (κ3) is 4.37. The van der Waals surface area contributed by atoms with Crippen molar-refractivity contribution in [1.82, 2.24) is 20.0 Å². The number of aliphatic hydroxyl groups is 1. The largest absolute Gasteiger partial charge is 0.419 e. The van der Waals surface area contributed by atoms with Crippen LogP contribution in [0.15, 0.2) is 28.7 Å². The van der Waals surface area contributed by atoms with Crippen molar-refractivity contribution in [3.63, 3.8) is 0 Å². The Balaban J connectivity index is 1.55. The van der Waals surface area contributed by atoms with Gasteiger partial charge in [0.05, 0.1) is 12.6 Å². The van der Waals surface area contributed by atoms with E-state index in [4.69, 9.17) is 4.42 Å². The number of benzene rings is 1. The van der Waals surface area contributed by atoms with E-state index in [0.717, 1.165) is 38.3 Å². The maximum atomic E-state index is 9.45. The third-order valence-corrected chi connectivity index (χ3v) is 4.11. The van der Waals surface area contributed by atoms with Gasteiger partial charge in [-0.2, -0.15) is 0 Å². The topological polar surface area (TPSA) is 65.6 Å². The number of piperazine rings is 1. The fourth-order valence-corrected chi connectivity index (χ4v) is 2.83. The van der Waals surface area contributed by atoms with Gasteiger partial charge in [-0.25, -0.2) is 0 Å². The highest BCUT2D eigenvalue weighted by Gasteiger charge is 2.20. The maximum absolute atomic E-state index is 9.45. The van der Waals surface area contributed by atoms with Gasteiger partial charge in [-0.05, 0) is 26.0 Å². The Morgan fingerprint density at radius 3 is 2.39 bits per heavy atom. The van der Waals surface area contributed by atoms with Crippen LogP contribution in [0, 0.1) is 6.92 Å². The summed E-state index contributed by atoms with van der Waals surface area (Å²) >= 11 is 0. The first kappa shape index (κ1) is 16.1. The molecule has 124 valence electrons. The Bertz CT molecular complexity index is 616. The van der Waals surface area contributed by atoms with E-state index in [1.165, 1.54) is 5.56 Å². The van der Waals surface area contributed by atoms with Crippen molar-refractivity contribution in [2.24, 2.45) is 0 Å². The molecule has 0 radical (unpaired) electrons. The van der Waals surface area contributed by atoms with Crippen LogP contribution in [0.3, 0.4) is 0 Å². The van der Waals surface area contributed by atoms with E-state index in [9.17, 15) is 5.11 Å². The molecule has 2 aromatic rings. The van der Waals surface area contributed by atoms with Crippen molar-refractivity contribution < 1.29 is 9.52 Å². The molecule has 0 spiro atoms. The molecule has 0 saturated carbocycles. The first-order chi connectivity index (χ1) is 11.1. The minimum Gasteiger partial charge on any atom is -0.419 e. The van der Waals surface area contributed by atoms with E-state index in [1.807, 2.05) is 31.2 Å². The van der Waals surface area contributed by atoms with Crippen molar-refractivity contribution in [3.8, 4) is 11.5 Å². The molecule has 1 aliphatic heterocycles. The van der Waals surface area contributed by atoms with Crippen LogP contribution in [-0.4, -0.2) is 63.9 Å². The van der Waals surface area contributed by atoms with Gasteiger partial charge in [-0.15, -0.1) is 10.2 Å². The van der Waals surface area contributed by atoms with Crippen LogP contribution >= 0.6 is 0 Å². The van der Waals surface area contributed by atoms with Gasteiger partial charge in [0.25, 0.3) is 0 Å². The van der Waals surface area contributed by atoms with Crippen molar-refractivity contribution in [2.75, 3.05) is 32.7 Å². The lowest BCUT2D eigenvalue weighted by Crippen LogP contribution is -2.47. The predicted octanol–water partition coefficient (Wildman–Crippen LogP) is 1.54. The number of aryl methyl sites for hydroxylation is 1. The summed E-state index contributed by atoms with van der Waals surface area (Å²) in [6.07, 6.45) is -0.269. The molecular formula is C17H24N4O2. The number of nitrogens with zero attached hydrogens (tertiary/aromatic N) is 4. The molecule has 1 saturated heterocycles. The van der Waals surface area contributed by atoms with Gasteiger partial charge < -0.3 is 9.52 Å². The zero-order valence-corrected chi connectivity index (χ0v) is 13.8. The van der Waals surface area contributed by atoms with Crippen LogP contribution in [0.4, 0.5) is 0 Å². The number of hydrogen-bond acceptors (Lipinski definition) is 6. The fraction of sp³-hybridized carbons (Fsp3) is 0.529. The summed E-state index contributed by atoms with van der Waals surface area (Å²) in [7, 11) is 0. The number of aromatic nitrogens is 2. The molecule has 1 fully saturated rings. The standard InChI is InChI=1S/C17H24N4O2/c1-13-3-5-15(6-4-13)17-19-18-16(23-17)12-21-9-7-20(8-10-21)11-14(2)22/h3-6,14,22H,7-12H2,1-2H3/t14-/m1/s1. The number of rotatable bonds is 5. The van der Waals surface area contributed by atoms with E-state index in [2.05, 4.69) is 26.9 Å². The van der Waals surface area contributed by atoms with Crippen molar-refractivity contribution in [2.45, 2.75) is 26.5 Å². The average molecular weight is 316 g/mol. The summed E-state index contributed by atoms with van der Waals surface area (Å²) in [5.74, 6) is 1.23. The normalized spacial score (nSPS) is 18.2. The second-order valence-corrected chi connectivity index (χ2v) is 6.29. The van der Waals surface area contributed by atoms with Gasteiger partial charge in [0.1, 0.15) is 0 Å². The third-order valence-electron chi connectivity index (χ3n) is 4.11. The van der Waals surface area contributed by atoms with E-state index in [1.54, 1.807) is 0 Å². The molecule has 0 unspecified atom stereocenters. The highest BCUT2D eigenvalue weighted by Crippen LogP contribution is 2.19. The first-order valence-corrected chi connectivity index (χ1v) is 8.12. The van der Waals surface area contributed by atoms with E-state index < -0.39 is 0 Å². The molecule has 3 rings (SSSR count). The second-order valence-electron chi connectivity index (χ2n) is 6.29. The molecule has 0 aliphatic carbocycles. The number of β-amino-alcohol motifs (C(OH)–C–C–N with tert-alkyl or cyclic N) is 1. The molecule has 1 N–H and O–H groups in total. The smallest absolute Gasteiger partial charge is 0.247 e. The first-order valence-electron chi connectivity index (χ1n) is 8.12. The molecule has 6 nitrogen and oxygen atoms in total. The van der Waals surface area contributed by atoms with Crippen LogP contribution in [0.2, 0.25) is 0 Å². The van der Waals surface area contributed by atoms with Crippen LogP contribution in [0.1, 0.15) is 18.4 Å². The van der Waals surface area contributed by atoms with Crippen LogP contribution < -0.4 is 0 Å². The van der Waals surface area contributed by atoms with Gasteiger partial charge in [0, 0.05) is 38.3 Å². The summed E-state index contributed by atoms with van der Waals surface area (Å²) in [6, 6.07) is 8.09. The van der Waals surface area contributed by atoms with Crippen molar-refractivity contribution in [1.29, 1.82) is 0 Å². The second kappa shape index (κ2) is 7.21. The summed E-state index contributed by atoms with van der Waals surface area (Å²) < 4.78 is 5.79. The Labute approximate surface area is 136 Å². The Morgan fingerprint density at radius 2 is 1.74 bits per heavy atom. The molecule has 2 heterocycles. The van der Waals surface area contributed by atoms with E-state index in [0.29, 0.717) is 18.3 Å².